The third-order valence-electron chi connectivity index (χ3n) is 4.24. The average Bonchev–Trinajstić information content (AvgIpc) is 3.15. The largest absolute Gasteiger partial charge is 0.465 e. The first kappa shape index (κ1) is 20.8. The summed E-state index contributed by atoms with van der Waals surface area (Å²) in [6, 6.07) is 12.5. The van der Waals surface area contributed by atoms with Gasteiger partial charge in [-0.2, -0.15) is 13.5 Å². The summed E-state index contributed by atoms with van der Waals surface area (Å²) >= 11 is 6.04. The number of halogens is 2. The van der Waals surface area contributed by atoms with Crippen molar-refractivity contribution < 1.29 is 22.3 Å². The molecular weight excluding hydrogens is 421 g/mol. The monoisotopic (exact) mass is 437 g/mol. The van der Waals surface area contributed by atoms with E-state index in [1.54, 1.807) is 30.3 Å². The Morgan fingerprint density at radius 3 is 2.52 bits per heavy atom. The van der Waals surface area contributed by atoms with E-state index in [1.807, 2.05) is 0 Å². The number of hydrogen-bond acceptors (Lipinski definition) is 5. The minimum absolute atomic E-state index is 0.119. The summed E-state index contributed by atoms with van der Waals surface area (Å²) in [6.07, 6.45) is 1.19. The van der Waals surface area contributed by atoms with Gasteiger partial charge in [0.05, 0.1) is 19.3 Å². The second-order valence-corrected chi connectivity index (χ2v) is 8.34. The van der Waals surface area contributed by atoms with Crippen molar-refractivity contribution in [2.75, 3.05) is 18.5 Å². The number of anilines is 1. The Balaban J connectivity index is 2.07. The van der Waals surface area contributed by atoms with Gasteiger partial charge in [0.1, 0.15) is 11.4 Å². The van der Waals surface area contributed by atoms with Gasteiger partial charge in [0.2, 0.25) is 5.03 Å². The van der Waals surface area contributed by atoms with Gasteiger partial charge in [-0.1, -0.05) is 35.9 Å². The fourth-order valence-electron chi connectivity index (χ4n) is 2.68. The first-order chi connectivity index (χ1) is 13.8. The number of nitrogens with zero attached hydrogens (tertiary/aromatic N) is 3. The predicted molar refractivity (Wildman–Crippen MR) is 106 cm³/mol. The molecule has 0 bridgehead atoms. The molecule has 0 aliphatic carbocycles. The second-order valence-electron chi connectivity index (χ2n) is 6.05. The molecule has 0 atom stereocenters. The van der Waals surface area contributed by atoms with E-state index < -0.39 is 26.8 Å². The topological polar surface area (TPSA) is 81.5 Å². The van der Waals surface area contributed by atoms with Gasteiger partial charge in [-0.05, 0) is 24.3 Å². The number of hydrogen-bond donors (Lipinski definition) is 0. The van der Waals surface area contributed by atoms with Crippen molar-refractivity contribution in [3.05, 3.63) is 76.7 Å². The van der Waals surface area contributed by atoms with E-state index in [-0.39, 0.29) is 22.7 Å². The maximum atomic E-state index is 14.1. The number of carbonyl (C=O) groups excluding carboxylic acids is 1. The summed E-state index contributed by atoms with van der Waals surface area (Å²) in [6.45, 7) is -0.167. The van der Waals surface area contributed by atoms with Gasteiger partial charge >= 0.3 is 5.97 Å². The van der Waals surface area contributed by atoms with Crippen LogP contribution in [0.15, 0.2) is 59.8 Å². The van der Waals surface area contributed by atoms with Crippen LogP contribution in [0.2, 0.25) is 5.02 Å². The third kappa shape index (κ3) is 4.10. The number of rotatable bonds is 6. The SMILES string of the molecule is COC(=O)c1cn(Cc2c(F)cccc2Cl)nc1S(=O)(=O)N(C)c1ccccc1. The van der Waals surface area contributed by atoms with E-state index in [0.717, 1.165) is 16.1 Å². The van der Waals surface area contributed by atoms with Crippen molar-refractivity contribution in [1.29, 1.82) is 0 Å². The van der Waals surface area contributed by atoms with E-state index in [4.69, 9.17) is 16.3 Å². The summed E-state index contributed by atoms with van der Waals surface area (Å²) < 4.78 is 47.2. The molecule has 3 aromatic rings. The lowest BCUT2D eigenvalue weighted by Gasteiger charge is -2.18. The van der Waals surface area contributed by atoms with Crippen LogP contribution in [0.4, 0.5) is 10.1 Å². The number of methoxy groups -OCH3 is 1. The Kier molecular flexibility index (Phi) is 5.90. The van der Waals surface area contributed by atoms with Crippen molar-refractivity contribution in [2.45, 2.75) is 11.6 Å². The number of sulfonamides is 1. The molecule has 29 heavy (non-hydrogen) atoms. The van der Waals surface area contributed by atoms with Crippen LogP contribution >= 0.6 is 11.6 Å². The van der Waals surface area contributed by atoms with Gasteiger partial charge in [0.25, 0.3) is 10.0 Å². The second kappa shape index (κ2) is 8.22. The lowest BCUT2D eigenvalue weighted by atomic mass is 10.2. The molecule has 1 aromatic heterocycles. The molecule has 0 aliphatic rings. The maximum Gasteiger partial charge on any atom is 0.342 e. The molecule has 0 N–H and O–H groups in total. The van der Waals surface area contributed by atoms with Crippen LogP contribution in [0, 0.1) is 5.82 Å². The minimum Gasteiger partial charge on any atom is -0.465 e. The van der Waals surface area contributed by atoms with E-state index >= 15 is 0 Å². The molecule has 0 unspecified atom stereocenters. The van der Waals surface area contributed by atoms with Crippen LogP contribution < -0.4 is 4.31 Å². The molecule has 3 rings (SSSR count). The fourth-order valence-corrected chi connectivity index (χ4v) is 4.18. The molecule has 0 fully saturated rings. The number of ether oxygens (including phenoxy) is 1. The molecule has 10 heteroatoms. The van der Waals surface area contributed by atoms with Gasteiger partial charge in [0.15, 0.2) is 0 Å². The molecule has 0 amide bonds. The van der Waals surface area contributed by atoms with E-state index in [9.17, 15) is 17.6 Å². The van der Waals surface area contributed by atoms with Crippen molar-refractivity contribution in [3.8, 4) is 0 Å². The highest BCUT2D eigenvalue weighted by Gasteiger charge is 2.32. The van der Waals surface area contributed by atoms with Crippen molar-refractivity contribution in [2.24, 2.45) is 0 Å². The van der Waals surface area contributed by atoms with Crippen LogP contribution in [0.25, 0.3) is 0 Å². The lowest BCUT2D eigenvalue weighted by Crippen LogP contribution is -2.28. The van der Waals surface area contributed by atoms with E-state index in [2.05, 4.69) is 5.10 Å². The molecule has 2 aromatic carbocycles. The van der Waals surface area contributed by atoms with E-state index in [1.165, 1.54) is 31.4 Å². The number of esters is 1. The van der Waals surface area contributed by atoms with Gasteiger partial charge in [-0.15, -0.1) is 0 Å². The van der Waals surface area contributed by atoms with Crippen LogP contribution in [-0.2, 0) is 21.3 Å². The van der Waals surface area contributed by atoms with Gasteiger partial charge in [-0.3, -0.25) is 8.99 Å². The number of aromatic nitrogens is 2. The molecule has 0 saturated heterocycles. The standard InChI is InChI=1S/C19H17ClFN3O4S/c1-23(13-7-4-3-5-8-13)29(26,27)18-15(19(25)28-2)12-24(22-18)11-14-16(20)9-6-10-17(14)21/h3-10,12H,11H2,1-2H3. The van der Waals surface area contributed by atoms with Gasteiger partial charge < -0.3 is 4.74 Å². The Labute approximate surface area is 172 Å². The van der Waals surface area contributed by atoms with Crippen LogP contribution in [0.5, 0.6) is 0 Å². The molecule has 0 spiro atoms. The van der Waals surface area contributed by atoms with Gasteiger partial charge in [0, 0.05) is 23.8 Å². The van der Waals surface area contributed by atoms with Crippen LogP contribution in [-0.4, -0.2) is 38.3 Å². The van der Waals surface area contributed by atoms with Crippen molar-refractivity contribution >= 4 is 33.3 Å². The number of para-hydroxylation sites is 1. The summed E-state index contributed by atoms with van der Waals surface area (Å²) in [5.74, 6) is -1.45. The fraction of sp³-hybridized carbons (Fsp3) is 0.158. The molecule has 152 valence electrons. The number of carbonyl (C=O) groups is 1. The smallest absolute Gasteiger partial charge is 0.342 e. The molecular formula is C19H17ClFN3O4S. The van der Waals surface area contributed by atoms with E-state index in [0.29, 0.717) is 5.69 Å². The predicted octanol–water partition coefficient (Wildman–Crippen LogP) is 3.34. The van der Waals surface area contributed by atoms with Crippen molar-refractivity contribution in [1.82, 2.24) is 9.78 Å². The highest BCUT2D eigenvalue weighted by atomic mass is 35.5. The Hall–Kier alpha value is -2.91. The van der Waals surface area contributed by atoms with Crippen molar-refractivity contribution in [3.63, 3.8) is 0 Å². The summed E-state index contributed by atoms with van der Waals surface area (Å²) in [5, 5.41) is 3.70. The summed E-state index contributed by atoms with van der Waals surface area (Å²) in [5.41, 5.74) is 0.242. The quantitative estimate of drug-likeness (QED) is 0.552. The molecule has 0 radical (unpaired) electrons. The molecule has 7 nitrogen and oxygen atoms in total. The van der Waals surface area contributed by atoms with Crippen LogP contribution in [0.3, 0.4) is 0 Å². The van der Waals surface area contributed by atoms with Crippen LogP contribution in [0.1, 0.15) is 15.9 Å². The molecule has 0 aliphatic heterocycles. The zero-order valence-corrected chi connectivity index (χ0v) is 17.1. The normalized spacial score (nSPS) is 11.3. The first-order valence-electron chi connectivity index (χ1n) is 8.38. The Bertz CT molecular complexity index is 1130. The minimum atomic E-state index is -4.20. The third-order valence-corrected chi connectivity index (χ3v) is 6.32. The maximum absolute atomic E-state index is 14.1. The highest BCUT2D eigenvalue weighted by Crippen LogP contribution is 2.25. The van der Waals surface area contributed by atoms with Gasteiger partial charge in [-0.25, -0.2) is 9.18 Å². The highest BCUT2D eigenvalue weighted by molar-refractivity contribution is 7.92. The number of benzene rings is 2. The zero-order valence-electron chi connectivity index (χ0n) is 15.5. The first-order valence-corrected chi connectivity index (χ1v) is 10.2. The Morgan fingerprint density at radius 1 is 1.21 bits per heavy atom. The summed E-state index contributed by atoms with van der Waals surface area (Å²) in [4.78, 5) is 12.2. The molecule has 0 saturated carbocycles. The average molecular weight is 438 g/mol. The molecule has 1 heterocycles. The Morgan fingerprint density at radius 2 is 1.90 bits per heavy atom. The zero-order chi connectivity index (χ0) is 21.2. The lowest BCUT2D eigenvalue weighted by molar-refractivity contribution is 0.0596. The summed E-state index contributed by atoms with van der Waals surface area (Å²) in [7, 11) is -1.72.